The minimum Gasteiger partial charge on any atom is -0.381 e. The molecule has 176 valence electrons. The molecule has 0 aromatic heterocycles. The molecule has 0 aromatic carbocycles. The highest BCUT2D eigenvalue weighted by Gasteiger charge is 2.34. The van der Waals surface area contributed by atoms with E-state index in [9.17, 15) is 19.2 Å². The molecule has 0 radical (unpaired) electrons. The first-order valence-electron chi connectivity index (χ1n) is 10.9. The lowest BCUT2D eigenvalue weighted by atomic mass is 10.1. The van der Waals surface area contributed by atoms with E-state index in [1.165, 1.54) is 0 Å². The van der Waals surface area contributed by atoms with Crippen molar-refractivity contribution in [3.8, 4) is 0 Å². The molecule has 0 aliphatic carbocycles. The minimum absolute atomic E-state index is 0.0192. The third-order valence-corrected chi connectivity index (χ3v) is 6.00. The van der Waals surface area contributed by atoms with E-state index in [-0.39, 0.29) is 49.1 Å². The number of rotatable bonds is 11. The van der Waals surface area contributed by atoms with Gasteiger partial charge in [0.05, 0.1) is 12.6 Å². The monoisotopic (exact) mass is 440 g/mol. The van der Waals surface area contributed by atoms with Crippen LogP contribution in [0.3, 0.4) is 0 Å². The molecule has 5 N–H and O–H groups in total. The van der Waals surface area contributed by atoms with Gasteiger partial charge >= 0.3 is 6.03 Å². The van der Waals surface area contributed by atoms with E-state index in [1.807, 2.05) is 11.9 Å². The van der Waals surface area contributed by atoms with Crippen molar-refractivity contribution < 1.29 is 23.9 Å². The minimum atomic E-state index is -0.805. The Morgan fingerprint density at radius 1 is 1.23 bits per heavy atom. The molecule has 11 heteroatoms. The Labute approximate surface area is 183 Å². The van der Waals surface area contributed by atoms with Gasteiger partial charge in [-0.3, -0.25) is 14.5 Å². The van der Waals surface area contributed by atoms with Gasteiger partial charge in [-0.1, -0.05) is 0 Å². The largest absolute Gasteiger partial charge is 0.381 e. The Morgan fingerprint density at radius 3 is 2.52 bits per heavy atom. The first-order valence-corrected chi connectivity index (χ1v) is 10.9. The summed E-state index contributed by atoms with van der Waals surface area (Å²) in [5.74, 6) is -0.656. The summed E-state index contributed by atoms with van der Waals surface area (Å²) in [4.78, 5) is 51.5. The van der Waals surface area contributed by atoms with Gasteiger partial charge in [0.1, 0.15) is 12.3 Å². The molecule has 0 spiro atoms. The van der Waals surface area contributed by atoms with Gasteiger partial charge in [0.15, 0.2) is 0 Å². The van der Waals surface area contributed by atoms with E-state index >= 15 is 0 Å². The van der Waals surface area contributed by atoms with E-state index in [0.29, 0.717) is 38.9 Å². The van der Waals surface area contributed by atoms with Crippen molar-refractivity contribution in [2.24, 2.45) is 5.73 Å². The van der Waals surface area contributed by atoms with Crippen LogP contribution in [0.2, 0.25) is 0 Å². The lowest BCUT2D eigenvalue weighted by molar-refractivity contribution is -0.123. The molecule has 3 unspecified atom stereocenters. The molecule has 31 heavy (non-hydrogen) atoms. The van der Waals surface area contributed by atoms with Crippen molar-refractivity contribution in [3.05, 3.63) is 0 Å². The summed E-state index contributed by atoms with van der Waals surface area (Å²) in [5.41, 5.74) is 5.46. The highest BCUT2D eigenvalue weighted by atomic mass is 16.5. The number of carbonyl (C=O) groups excluding carboxylic acids is 4. The normalized spacial score (nSPS) is 23.2. The standard InChI is InChI=1S/C20H36N6O5/c1-22-11-18(28)23-15(13-27)12-26(20(30)24-14-6-9-31-10-7-14)8-5-16-3-4-17(19(21)29)25(16)2/h13-17,22H,3-12H2,1-2H3,(H2,21,29)(H,23,28)(H,24,30). The molecule has 2 heterocycles. The van der Waals surface area contributed by atoms with Crippen LogP contribution in [0.15, 0.2) is 0 Å². The Bertz CT molecular complexity index is 627. The number of nitrogens with one attached hydrogen (secondary N) is 3. The van der Waals surface area contributed by atoms with Crippen LogP contribution in [0.25, 0.3) is 0 Å². The van der Waals surface area contributed by atoms with E-state index < -0.39 is 6.04 Å². The predicted octanol–water partition coefficient (Wildman–Crippen LogP) is -1.58. The van der Waals surface area contributed by atoms with Gasteiger partial charge in [-0.05, 0) is 46.2 Å². The Morgan fingerprint density at radius 2 is 1.94 bits per heavy atom. The summed E-state index contributed by atoms with van der Waals surface area (Å²) in [6.45, 7) is 1.75. The second-order valence-corrected chi connectivity index (χ2v) is 8.23. The fourth-order valence-electron chi connectivity index (χ4n) is 4.17. The van der Waals surface area contributed by atoms with E-state index in [0.717, 1.165) is 19.3 Å². The zero-order valence-electron chi connectivity index (χ0n) is 18.5. The lowest BCUT2D eigenvalue weighted by Gasteiger charge is -2.31. The number of nitrogens with zero attached hydrogens (tertiary/aromatic N) is 2. The smallest absolute Gasteiger partial charge is 0.317 e. The third-order valence-electron chi connectivity index (χ3n) is 6.00. The van der Waals surface area contributed by atoms with Crippen molar-refractivity contribution in [2.45, 2.75) is 56.3 Å². The molecule has 2 aliphatic heterocycles. The molecule has 2 aliphatic rings. The van der Waals surface area contributed by atoms with Crippen molar-refractivity contribution in [1.29, 1.82) is 0 Å². The average Bonchev–Trinajstić information content (AvgIpc) is 3.11. The van der Waals surface area contributed by atoms with Crippen LogP contribution >= 0.6 is 0 Å². The highest BCUT2D eigenvalue weighted by molar-refractivity contribution is 5.82. The Hall–Kier alpha value is -2.24. The number of nitrogens with two attached hydrogens (primary N) is 1. The van der Waals surface area contributed by atoms with Crippen LogP contribution in [0.5, 0.6) is 0 Å². The van der Waals surface area contributed by atoms with Gasteiger partial charge in [-0.25, -0.2) is 4.79 Å². The molecular weight excluding hydrogens is 404 g/mol. The number of primary amides is 1. The van der Waals surface area contributed by atoms with Gasteiger partial charge < -0.3 is 36.1 Å². The number of carbonyl (C=O) groups is 4. The number of likely N-dealkylation sites (N-methyl/N-ethyl adjacent to an activating group) is 2. The fourth-order valence-corrected chi connectivity index (χ4v) is 4.17. The molecule has 2 saturated heterocycles. The topological polar surface area (TPSA) is 146 Å². The Kier molecular flexibility index (Phi) is 10.2. The maximum Gasteiger partial charge on any atom is 0.317 e. The number of urea groups is 1. The quantitative estimate of drug-likeness (QED) is 0.284. The second kappa shape index (κ2) is 12.6. The SMILES string of the molecule is CNCC(=O)NC(C=O)CN(CCC1CCC(C(N)=O)N1C)C(=O)NC1CCOCC1. The molecule has 0 aromatic rings. The Balaban J connectivity index is 2.00. The molecule has 4 amide bonds. The fraction of sp³-hybridized carbons (Fsp3) is 0.800. The summed E-state index contributed by atoms with van der Waals surface area (Å²) in [6.07, 6.45) is 4.27. The molecule has 0 saturated carbocycles. The van der Waals surface area contributed by atoms with Gasteiger partial charge in [0.25, 0.3) is 0 Å². The third kappa shape index (κ3) is 7.75. The van der Waals surface area contributed by atoms with Crippen molar-refractivity contribution in [3.63, 3.8) is 0 Å². The average molecular weight is 441 g/mol. The van der Waals surface area contributed by atoms with E-state index in [2.05, 4.69) is 16.0 Å². The maximum atomic E-state index is 13.0. The van der Waals surface area contributed by atoms with Gasteiger partial charge in [0.2, 0.25) is 11.8 Å². The highest BCUT2D eigenvalue weighted by Crippen LogP contribution is 2.24. The maximum absolute atomic E-state index is 13.0. The predicted molar refractivity (Wildman–Crippen MR) is 114 cm³/mol. The number of hydrogen-bond acceptors (Lipinski definition) is 7. The van der Waals surface area contributed by atoms with Crippen LogP contribution in [0, 0.1) is 0 Å². The van der Waals surface area contributed by atoms with Crippen LogP contribution in [0.1, 0.15) is 32.1 Å². The van der Waals surface area contributed by atoms with Gasteiger partial charge in [-0.15, -0.1) is 0 Å². The molecule has 2 rings (SSSR count). The van der Waals surface area contributed by atoms with Gasteiger partial charge in [-0.2, -0.15) is 0 Å². The number of amides is 4. The summed E-state index contributed by atoms with van der Waals surface area (Å²) in [5, 5.41) is 8.38. The lowest BCUT2D eigenvalue weighted by Crippen LogP contribution is -2.53. The molecule has 11 nitrogen and oxygen atoms in total. The summed E-state index contributed by atoms with van der Waals surface area (Å²) in [6, 6.07) is -1.23. The van der Waals surface area contributed by atoms with Crippen molar-refractivity contribution in [2.75, 3.05) is 46.9 Å². The van der Waals surface area contributed by atoms with Crippen LogP contribution < -0.4 is 21.7 Å². The van der Waals surface area contributed by atoms with Crippen molar-refractivity contribution >= 4 is 24.1 Å². The first-order chi connectivity index (χ1) is 14.8. The van der Waals surface area contributed by atoms with Gasteiger partial charge in [0, 0.05) is 38.4 Å². The van der Waals surface area contributed by atoms with E-state index in [1.54, 1.807) is 11.9 Å². The summed E-state index contributed by atoms with van der Waals surface area (Å²) in [7, 11) is 3.51. The zero-order valence-corrected chi connectivity index (χ0v) is 18.5. The molecule has 3 atom stereocenters. The van der Waals surface area contributed by atoms with Crippen LogP contribution in [0.4, 0.5) is 4.79 Å². The zero-order chi connectivity index (χ0) is 22.8. The number of likely N-dealkylation sites (tertiary alicyclic amines) is 1. The number of aldehydes is 1. The number of ether oxygens (including phenoxy) is 1. The van der Waals surface area contributed by atoms with Crippen molar-refractivity contribution in [1.82, 2.24) is 25.8 Å². The summed E-state index contributed by atoms with van der Waals surface area (Å²) >= 11 is 0. The van der Waals surface area contributed by atoms with E-state index in [4.69, 9.17) is 10.5 Å². The number of hydrogen-bond donors (Lipinski definition) is 4. The molecular formula is C20H36N6O5. The second-order valence-electron chi connectivity index (χ2n) is 8.23. The molecule has 2 fully saturated rings. The first kappa shape index (κ1) is 25.0. The van der Waals surface area contributed by atoms with Crippen LogP contribution in [-0.4, -0.2) is 105 Å². The summed E-state index contributed by atoms with van der Waals surface area (Å²) < 4.78 is 5.34. The van der Waals surface area contributed by atoms with Crippen LogP contribution in [-0.2, 0) is 19.1 Å². The molecule has 0 bridgehead atoms.